The molecule has 1 amide bonds. The van der Waals surface area contributed by atoms with Gasteiger partial charge in [-0.3, -0.25) is 5.32 Å². The Bertz CT molecular complexity index is 692. The van der Waals surface area contributed by atoms with Gasteiger partial charge in [-0.2, -0.15) is 13.2 Å². The summed E-state index contributed by atoms with van der Waals surface area (Å²) in [7, 11) is 0. The topological polar surface area (TPSA) is 87.1 Å². The van der Waals surface area contributed by atoms with E-state index < -0.39 is 23.0 Å². The highest BCUT2D eigenvalue weighted by atomic mass is 35.5. The first-order chi connectivity index (χ1) is 10.3. The summed E-state index contributed by atoms with van der Waals surface area (Å²) in [5.74, 6) is -0.114. The number of hydrogen-bond acceptors (Lipinski definition) is 4. The smallest absolute Gasteiger partial charge is 0.420 e. The van der Waals surface area contributed by atoms with Gasteiger partial charge in [0.1, 0.15) is 10.7 Å². The molecule has 0 bridgehead atoms. The molecule has 0 radical (unpaired) electrons. The van der Waals surface area contributed by atoms with Crippen LogP contribution >= 0.6 is 11.6 Å². The molecule has 1 aromatic carbocycles. The molecule has 2 aromatic rings. The fourth-order valence-electron chi connectivity index (χ4n) is 1.50. The van der Waals surface area contributed by atoms with Gasteiger partial charge in [-0.25, -0.2) is 14.8 Å². The maximum absolute atomic E-state index is 12.5. The maximum atomic E-state index is 12.5. The summed E-state index contributed by atoms with van der Waals surface area (Å²) in [6.45, 7) is 0. The lowest BCUT2D eigenvalue weighted by Gasteiger charge is -2.10. The third-order valence-electron chi connectivity index (χ3n) is 2.44. The SMILES string of the molecule is O=C(O)Nc1ccc(Nc2ncc(C(F)(F)F)c(Cl)n2)cc1. The zero-order chi connectivity index (χ0) is 16.3. The lowest BCUT2D eigenvalue weighted by molar-refractivity contribution is -0.137. The second-order valence-corrected chi connectivity index (χ2v) is 4.39. The van der Waals surface area contributed by atoms with Crippen molar-refractivity contribution in [2.45, 2.75) is 6.18 Å². The van der Waals surface area contributed by atoms with Gasteiger partial charge in [0.2, 0.25) is 5.95 Å². The van der Waals surface area contributed by atoms with Gasteiger partial charge in [-0.05, 0) is 24.3 Å². The number of halogens is 4. The number of hydrogen-bond donors (Lipinski definition) is 3. The Labute approximate surface area is 127 Å². The molecule has 0 saturated heterocycles. The Balaban J connectivity index is 2.14. The van der Waals surface area contributed by atoms with Crippen LogP contribution in [0.3, 0.4) is 0 Å². The summed E-state index contributed by atoms with van der Waals surface area (Å²) >= 11 is 5.48. The minimum Gasteiger partial charge on any atom is -0.465 e. The number of nitrogens with zero attached hydrogens (tertiary/aromatic N) is 2. The average molecular weight is 333 g/mol. The summed E-state index contributed by atoms with van der Waals surface area (Å²) in [6, 6.07) is 5.92. The van der Waals surface area contributed by atoms with Crippen molar-refractivity contribution < 1.29 is 23.1 Å². The quantitative estimate of drug-likeness (QED) is 0.740. The predicted molar refractivity (Wildman–Crippen MR) is 73.4 cm³/mol. The number of benzene rings is 1. The summed E-state index contributed by atoms with van der Waals surface area (Å²) in [4.78, 5) is 17.5. The first kappa shape index (κ1) is 15.8. The molecule has 10 heteroatoms. The van der Waals surface area contributed by atoms with Crippen LogP contribution in [0.4, 0.5) is 35.3 Å². The molecule has 116 valence electrons. The monoisotopic (exact) mass is 332 g/mol. The van der Waals surface area contributed by atoms with E-state index in [0.29, 0.717) is 17.6 Å². The summed E-state index contributed by atoms with van der Waals surface area (Å²) in [5.41, 5.74) is -0.336. The molecule has 0 aliphatic heterocycles. The molecule has 0 saturated carbocycles. The van der Waals surface area contributed by atoms with E-state index in [4.69, 9.17) is 16.7 Å². The van der Waals surface area contributed by atoms with Gasteiger partial charge in [0.25, 0.3) is 0 Å². The molecule has 0 aliphatic rings. The number of amides is 1. The lowest BCUT2D eigenvalue weighted by atomic mass is 10.3. The van der Waals surface area contributed by atoms with Crippen LogP contribution in [-0.4, -0.2) is 21.2 Å². The van der Waals surface area contributed by atoms with E-state index in [0.717, 1.165) is 0 Å². The summed E-state index contributed by atoms with van der Waals surface area (Å²) in [6.07, 6.45) is -5.25. The number of rotatable bonds is 3. The zero-order valence-corrected chi connectivity index (χ0v) is 11.4. The molecule has 3 N–H and O–H groups in total. The van der Waals surface area contributed by atoms with Gasteiger partial charge in [0.05, 0.1) is 0 Å². The molecular weight excluding hydrogens is 325 g/mol. The van der Waals surface area contributed by atoms with Crippen LogP contribution in [0.25, 0.3) is 0 Å². The fourth-order valence-corrected chi connectivity index (χ4v) is 1.74. The second-order valence-electron chi connectivity index (χ2n) is 4.03. The summed E-state index contributed by atoms with van der Waals surface area (Å²) in [5, 5.41) is 12.6. The van der Waals surface area contributed by atoms with E-state index >= 15 is 0 Å². The standard InChI is InChI=1S/C12H8ClF3N4O2/c13-9-8(12(14,15)16)5-17-10(20-9)18-6-1-3-7(4-2-6)19-11(21)22/h1-5,19H,(H,21,22)(H,17,18,20). The molecule has 0 unspecified atom stereocenters. The van der Waals surface area contributed by atoms with Crippen molar-refractivity contribution >= 4 is 35.0 Å². The van der Waals surface area contributed by atoms with E-state index in [1.54, 1.807) is 0 Å². The van der Waals surface area contributed by atoms with Crippen molar-refractivity contribution in [1.29, 1.82) is 0 Å². The van der Waals surface area contributed by atoms with E-state index in [-0.39, 0.29) is 5.95 Å². The third-order valence-corrected chi connectivity index (χ3v) is 2.73. The van der Waals surface area contributed by atoms with Gasteiger partial charge < -0.3 is 10.4 Å². The first-order valence-corrected chi connectivity index (χ1v) is 6.10. The number of anilines is 3. The molecule has 0 spiro atoms. The minimum atomic E-state index is -4.63. The molecule has 0 aliphatic carbocycles. The molecule has 2 rings (SSSR count). The molecule has 1 aromatic heterocycles. The van der Waals surface area contributed by atoms with Crippen molar-refractivity contribution in [2.24, 2.45) is 0 Å². The van der Waals surface area contributed by atoms with Gasteiger partial charge >= 0.3 is 12.3 Å². The molecule has 22 heavy (non-hydrogen) atoms. The van der Waals surface area contributed by atoms with Crippen molar-refractivity contribution in [3.8, 4) is 0 Å². The largest absolute Gasteiger partial charge is 0.465 e. The van der Waals surface area contributed by atoms with E-state index in [2.05, 4.69) is 20.6 Å². The number of aromatic nitrogens is 2. The van der Waals surface area contributed by atoms with E-state index in [1.807, 2.05) is 0 Å². The summed E-state index contributed by atoms with van der Waals surface area (Å²) < 4.78 is 37.5. The minimum absolute atomic E-state index is 0.114. The zero-order valence-electron chi connectivity index (χ0n) is 10.6. The maximum Gasteiger partial charge on any atom is 0.420 e. The van der Waals surface area contributed by atoms with Crippen LogP contribution in [0.1, 0.15) is 5.56 Å². The van der Waals surface area contributed by atoms with Crippen molar-refractivity contribution in [3.05, 3.63) is 41.2 Å². The highest BCUT2D eigenvalue weighted by molar-refractivity contribution is 6.30. The van der Waals surface area contributed by atoms with Crippen LogP contribution in [0.2, 0.25) is 5.15 Å². The van der Waals surface area contributed by atoms with Gasteiger partial charge in [0.15, 0.2) is 0 Å². The normalized spacial score (nSPS) is 11.1. The Kier molecular flexibility index (Phi) is 4.36. The van der Waals surface area contributed by atoms with Crippen LogP contribution in [0, 0.1) is 0 Å². The van der Waals surface area contributed by atoms with Gasteiger partial charge in [0, 0.05) is 17.6 Å². The molecule has 0 atom stereocenters. The number of alkyl halides is 3. The van der Waals surface area contributed by atoms with Crippen LogP contribution in [0.5, 0.6) is 0 Å². The molecule has 1 heterocycles. The number of nitrogens with one attached hydrogen (secondary N) is 2. The Morgan fingerprint density at radius 1 is 1.18 bits per heavy atom. The first-order valence-electron chi connectivity index (χ1n) is 5.72. The third kappa shape index (κ3) is 3.98. The second kappa shape index (κ2) is 6.06. The average Bonchev–Trinajstić information content (AvgIpc) is 2.39. The van der Waals surface area contributed by atoms with E-state index in [1.165, 1.54) is 24.3 Å². The molecule has 6 nitrogen and oxygen atoms in total. The van der Waals surface area contributed by atoms with Crippen molar-refractivity contribution in [3.63, 3.8) is 0 Å². The van der Waals surface area contributed by atoms with Crippen LogP contribution in [0.15, 0.2) is 30.5 Å². The van der Waals surface area contributed by atoms with Crippen LogP contribution in [-0.2, 0) is 6.18 Å². The van der Waals surface area contributed by atoms with Crippen molar-refractivity contribution in [1.82, 2.24) is 9.97 Å². The van der Waals surface area contributed by atoms with Crippen molar-refractivity contribution in [2.75, 3.05) is 10.6 Å². The van der Waals surface area contributed by atoms with Crippen LogP contribution < -0.4 is 10.6 Å². The Morgan fingerprint density at radius 3 is 2.27 bits per heavy atom. The number of carboxylic acid groups (broad SMARTS) is 1. The highest BCUT2D eigenvalue weighted by Crippen LogP contribution is 2.33. The fraction of sp³-hybridized carbons (Fsp3) is 0.0833. The highest BCUT2D eigenvalue weighted by Gasteiger charge is 2.34. The van der Waals surface area contributed by atoms with E-state index in [9.17, 15) is 18.0 Å². The Morgan fingerprint density at radius 2 is 1.77 bits per heavy atom. The lowest BCUT2D eigenvalue weighted by Crippen LogP contribution is -2.09. The van der Waals surface area contributed by atoms with Gasteiger partial charge in [-0.15, -0.1) is 0 Å². The number of carbonyl (C=O) groups is 1. The van der Waals surface area contributed by atoms with Gasteiger partial charge in [-0.1, -0.05) is 11.6 Å². The molecule has 0 fully saturated rings. The predicted octanol–water partition coefficient (Wildman–Crippen LogP) is 3.98. The Hall–Kier alpha value is -2.55. The molecular formula is C12H8ClF3N4O2.